The molecule has 0 radical (unpaired) electrons. The number of nitrogens with zero attached hydrogens (tertiary/aromatic N) is 2. The predicted octanol–water partition coefficient (Wildman–Crippen LogP) is 1.16. The number of carbonyl (C=O) groups excluding carboxylic acids is 1. The zero-order chi connectivity index (χ0) is 16.0. The smallest absolute Gasteiger partial charge is 0.241 e. The highest BCUT2D eigenvalue weighted by Crippen LogP contribution is 2.63. The van der Waals surface area contributed by atoms with E-state index in [-0.39, 0.29) is 23.4 Å². The molecule has 5 nitrogen and oxygen atoms in total. The van der Waals surface area contributed by atoms with E-state index in [0.29, 0.717) is 24.2 Å². The summed E-state index contributed by atoms with van der Waals surface area (Å²) in [6.07, 6.45) is 7.48. The molecule has 5 saturated carbocycles. The second-order valence-electron chi connectivity index (χ2n) is 9.21. The van der Waals surface area contributed by atoms with E-state index in [0.717, 1.165) is 38.5 Å². The molecule has 5 aliphatic carbocycles. The molecule has 0 aromatic rings. The minimum Gasteiger partial charge on any atom is -0.390 e. The molecule has 1 unspecified atom stereocenters. The Bertz CT molecular complexity index is 598. The molecule has 1 aliphatic heterocycles. The summed E-state index contributed by atoms with van der Waals surface area (Å²) in [6, 6.07) is 1.72. The summed E-state index contributed by atoms with van der Waals surface area (Å²) in [5.74, 6) is 1.56. The molecule has 4 bridgehead atoms. The van der Waals surface area contributed by atoms with Crippen molar-refractivity contribution < 1.29 is 9.90 Å². The van der Waals surface area contributed by atoms with Gasteiger partial charge in [-0.25, -0.2) is 0 Å². The molecule has 124 valence electrons. The highest BCUT2D eigenvalue weighted by molar-refractivity contribution is 5.84. The lowest BCUT2D eigenvalue weighted by Gasteiger charge is -2.61. The number of aliphatic hydroxyl groups is 1. The number of hydrogen-bond acceptors (Lipinski definition) is 4. The Morgan fingerprint density at radius 3 is 2.52 bits per heavy atom. The zero-order valence-electron chi connectivity index (χ0n) is 13.4. The van der Waals surface area contributed by atoms with Gasteiger partial charge in [-0.2, -0.15) is 5.26 Å². The summed E-state index contributed by atoms with van der Waals surface area (Å²) in [4.78, 5) is 14.9. The largest absolute Gasteiger partial charge is 0.390 e. The van der Waals surface area contributed by atoms with Crippen LogP contribution >= 0.6 is 0 Å². The number of likely N-dealkylation sites (tertiary alicyclic amines) is 1. The van der Waals surface area contributed by atoms with Crippen molar-refractivity contribution in [2.45, 2.75) is 75.1 Å². The van der Waals surface area contributed by atoms with Crippen LogP contribution in [0, 0.1) is 34.5 Å². The van der Waals surface area contributed by atoms with Crippen molar-refractivity contribution >= 4 is 5.91 Å². The van der Waals surface area contributed by atoms with E-state index in [1.807, 2.05) is 0 Å². The molecule has 6 fully saturated rings. The van der Waals surface area contributed by atoms with Gasteiger partial charge in [-0.3, -0.25) is 4.79 Å². The first-order valence-corrected chi connectivity index (χ1v) is 9.13. The van der Waals surface area contributed by atoms with Gasteiger partial charge in [-0.15, -0.1) is 0 Å². The zero-order valence-corrected chi connectivity index (χ0v) is 13.4. The van der Waals surface area contributed by atoms with Crippen LogP contribution in [0.4, 0.5) is 0 Å². The van der Waals surface area contributed by atoms with Gasteiger partial charge in [-0.05, 0) is 74.5 Å². The number of amides is 1. The number of piperidine rings is 1. The third kappa shape index (κ3) is 1.88. The van der Waals surface area contributed by atoms with Gasteiger partial charge in [0.15, 0.2) is 0 Å². The van der Waals surface area contributed by atoms with Crippen LogP contribution in [0.2, 0.25) is 0 Å². The van der Waals surface area contributed by atoms with Gasteiger partial charge in [0.25, 0.3) is 0 Å². The van der Waals surface area contributed by atoms with Crippen LogP contribution in [-0.2, 0) is 4.79 Å². The Kier molecular flexibility index (Phi) is 2.65. The van der Waals surface area contributed by atoms with Crippen LogP contribution < -0.4 is 5.73 Å². The standard InChI is InChI=1S/C18H25N3O2/c19-8-13-2-12-3-14(12)21(13)16(22)15(20)17-4-10-1-11(5-17)7-18(23,6-10)9-17/h10-15,23H,1-7,9,20H2/t10-,11?,12+,13-,14-,15+,17+,18-/m0/s1. The lowest BCUT2D eigenvalue weighted by atomic mass is 9.46. The van der Waals surface area contributed by atoms with Crippen molar-refractivity contribution in [1.29, 1.82) is 5.26 Å². The summed E-state index contributed by atoms with van der Waals surface area (Å²) in [5.41, 5.74) is 5.71. The van der Waals surface area contributed by atoms with Crippen molar-refractivity contribution in [2.75, 3.05) is 0 Å². The van der Waals surface area contributed by atoms with Gasteiger partial charge in [0.2, 0.25) is 5.91 Å². The maximum atomic E-state index is 13.1. The average molecular weight is 315 g/mol. The monoisotopic (exact) mass is 315 g/mol. The van der Waals surface area contributed by atoms with Gasteiger partial charge in [0, 0.05) is 6.04 Å². The van der Waals surface area contributed by atoms with E-state index in [9.17, 15) is 15.2 Å². The SMILES string of the molecule is N#C[C@@H]1C[C@@H]2C[C@@H]2N1C(=O)[C@@H](N)[C@]12CC3C[C@H](C[C@](O)(C3)C1)C2. The topological polar surface area (TPSA) is 90.4 Å². The first-order chi connectivity index (χ1) is 10.9. The van der Waals surface area contributed by atoms with E-state index in [4.69, 9.17) is 5.73 Å². The highest BCUT2D eigenvalue weighted by Gasteiger charge is 2.62. The van der Waals surface area contributed by atoms with Crippen molar-refractivity contribution in [2.24, 2.45) is 28.9 Å². The van der Waals surface area contributed by atoms with Crippen molar-refractivity contribution in [3.63, 3.8) is 0 Å². The Hall–Kier alpha value is -1.12. The molecule has 0 aromatic heterocycles. The number of nitrogens with two attached hydrogens (primary N) is 1. The van der Waals surface area contributed by atoms with Crippen LogP contribution in [0.15, 0.2) is 0 Å². The maximum absolute atomic E-state index is 13.1. The molecule has 0 spiro atoms. The Morgan fingerprint density at radius 1 is 1.22 bits per heavy atom. The van der Waals surface area contributed by atoms with Crippen molar-refractivity contribution in [3.8, 4) is 6.07 Å². The fourth-order valence-electron chi connectivity index (χ4n) is 6.96. The molecule has 5 heteroatoms. The molecule has 8 atom stereocenters. The van der Waals surface area contributed by atoms with Gasteiger partial charge < -0.3 is 15.7 Å². The van der Waals surface area contributed by atoms with Crippen LogP contribution in [0.3, 0.4) is 0 Å². The molecule has 6 aliphatic rings. The molecule has 1 saturated heterocycles. The summed E-state index contributed by atoms with van der Waals surface area (Å²) >= 11 is 0. The van der Waals surface area contributed by atoms with Crippen molar-refractivity contribution in [3.05, 3.63) is 0 Å². The minimum absolute atomic E-state index is 0.0212. The number of rotatable bonds is 2. The lowest BCUT2D eigenvalue weighted by Crippen LogP contribution is -2.64. The molecule has 1 amide bonds. The van der Waals surface area contributed by atoms with Crippen LogP contribution in [0.1, 0.15) is 51.4 Å². The van der Waals surface area contributed by atoms with E-state index < -0.39 is 11.6 Å². The van der Waals surface area contributed by atoms with E-state index in [1.54, 1.807) is 4.90 Å². The molecule has 0 aromatic carbocycles. The summed E-state index contributed by atoms with van der Waals surface area (Å²) in [5, 5.41) is 20.2. The fraction of sp³-hybridized carbons (Fsp3) is 0.889. The normalized spacial score (nSPS) is 53.8. The van der Waals surface area contributed by atoms with Gasteiger partial charge >= 0.3 is 0 Å². The first-order valence-electron chi connectivity index (χ1n) is 9.13. The minimum atomic E-state index is -0.594. The summed E-state index contributed by atoms with van der Waals surface area (Å²) in [6.45, 7) is 0. The van der Waals surface area contributed by atoms with Gasteiger partial charge in [0.05, 0.1) is 17.7 Å². The van der Waals surface area contributed by atoms with Crippen LogP contribution in [-0.4, -0.2) is 39.6 Å². The molecule has 1 heterocycles. The highest BCUT2D eigenvalue weighted by atomic mass is 16.3. The third-order valence-corrected chi connectivity index (χ3v) is 7.51. The number of fused-ring (bicyclic) bond motifs is 1. The van der Waals surface area contributed by atoms with E-state index >= 15 is 0 Å². The molecular weight excluding hydrogens is 290 g/mol. The first kappa shape index (κ1) is 14.2. The van der Waals surface area contributed by atoms with Crippen LogP contribution in [0.25, 0.3) is 0 Å². The summed E-state index contributed by atoms with van der Waals surface area (Å²) in [7, 11) is 0. The number of hydrogen-bond donors (Lipinski definition) is 2. The fourth-order valence-corrected chi connectivity index (χ4v) is 6.96. The maximum Gasteiger partial charge on any atom is 0.241 e. The number of nitriles is 1. The Labute approximate surface area is 136 Å². The molecule has 3 N–H and O–H groups in total. The van der Waals surface area contributed by atoms with Gasteiger partial charge in [0.1, 0.15) is 6.04 Å². The van der Waals surface area contributed by atoms with Crippen molar-refractivity contribution in [1.82, 2.24) is 4.90 Å². The average Bonchev–Trinajstić information content (AvgIpc) is 3.14. The molecule has 6 rings (SSSR count). The Morgan fingerprint density at radius 2 is 1.91 bits per heavy atom. The van der Waals surface area contributed by atoms with Crippen LogP contribution in [0.5, 0.6) is 0 Å². The summed E-state index contributed by atoms with van der Waals surface area (Å²) < 4.78 is 0. The third-order valence-electron chi connectivity index (χ3n) is 7.51. The van der Waals surface area contributed by atoms with Gasteiger partial charge in [-0.1, -0.05) is 0 Å². The Balaban J connectivity index is 1.43. The predicted molar refractivity (Wildman–Crippen MR) is 82.8 cm³/mol. The van der Waals surface area contributed by atoms with E-state index in [2.05, 4.69) is 6.07 Å². The number of carbonyl (C=O) groups is 1. The van der Waals surface area contributed by atoms with E-state index in [1.165, 1.54) is 6.42 Å². The lowest BCUT2D eigenvalue weighted by molar-refractivity contribution is -0.177. The second-order valence-corrected chi connectivity index (χ2v) is 9.21. The quantitative estimate of drug-likeness (QED) is 0.800. The molecular formula is C18H25N3O2. The second kappa shape index (κ2) is 4.29. The molecule has 23 heavy (non-hydrogen) atoms.